The van der Waals surface area contributed by atoms with Gasteiger partial charge in [0, 0.05) is 12.7 Å². The molecule has 0 aliphatic carbocycles. The number of hydrogen-bond acceptors (Lipinski definition) is 3. The number of hydrogen-bond donors (Lipinski definition) is 2. The van der Waals surface area contributed by atoms with E-state index in [1.165, 1.54) is 6.20 Å². The highest BCUT2D eigenvalue weighted by Crippen LogP contribution is 2.19. The van der Waals surface area contributed by atoms with Gasteiger partial charge >= 0.3 is 0 Å². The highest BCUT2D eigenvalue weighted by atomic mass is 16.5. The summed E-state index contributed by atoms with van der Waals surface area (Å²) in [5.74, 6) is 0.647. The molecule has 1 aromatic heterocycles. The van der Waals surface area contributed by atoms with Crippen molar-refractivity contribution in [3.8, 4) is 5.75 Å². The Morgan fingerprint density at radius 3 is 2.85 bits per heavy atom. The Balaban J connectivity index is 1.96. The van der Waals surface area contributed by atoms with Gasteiger partial charge in [0.1, 0.15) is 11.4 Å². The quantitative estimate of drug-likeness (QED) is 0.899. The summed E-state index contributed by atoms with van der Waals surface area (Å²) in [7, 11) is 0. The standard InChI is InChI=1S/C15H19N3O2/c1-15(2,3)20-13-6-4-5-11(7-13)8-16-14(19)12-9-17-18-10-12/h4-7,9-10H,8H2,1-3H3,(H,16,19)(H,17,18). The summed E-state index contributed by atoms with van der Waals surface area (Å²) in [6.07, 6.45) is 3.06. The van der Waals surface area contributed by atoms with Gasteiger partial charge in [0.2, 0.25) is 0 Å². The monoisotopic (exact) mass is 273 g/mol. The minimum absolute atomic E-state index is 0.152. The Morgan fingerprint density at radius 1 is 1.40 bits per heavy atom. The highest BCUT2D eigenvalue weighted by Gasteiger charge is 2.12. The molecule has 2 N–H and O–H groups in total. The van der Waals surface area contributed by atoms with Crippen molar-refractivity contribution in [2.24, 2.45) is 0 Å². The van der Waals surface area contributed by atoms with Crippen molar-refractivity contribution in [1.29, 1.82) is 0 Å². The van der Waals surface area contributed by atoms with Crippen LogP contribution in [0.5, 0.6) is 5.75 Å². The summed E-state index contributed by atoms with van der Waals surface area (Å²) in [4.78, 5) is 11.8. The maximum absolute atomic E-state index is 11.8. The molecule has 2 rings (SSSR count). The van der Waals surface area contributed by atoms with Crippen molar-refractivity contribution in [3.05, 3.63) is 47.8 Å². The molecule has 0 radical (unpaired) electrons. The van der Waals surface area contributed by atoms with Gasteiger partial charge in [-0.15, -0.1) is 0 Å². The molecule has 2 aromatic rings. The number of H-pyrrole nitrogens is 1. The third-order valence-corrected chi connectivity index (χ3v) is 2.54. The molecule has 0 saturated heterocycles. The fourth-order valence-electron chi connectivity index (χ4n) is 1.73. The van der Waals surface area contributed by atoms with E-state index in [4.69, 9.17) is 4.74 Å². The first-order valence-corrected chi connectivity index (χ1v) is 6.49. The Labute approximate surface area is 118 Å². The van der Waals surface area contributed by atoms with E-state index >= 15 is 0 Å². The van der Waals surface area contributed by atoms with Gasteiger partial charge in [0.05, 0.1) is 11.8 Å². The number of ether oxygens (including phenoxy) is 1. The summed E-state index contributed by atoms with van der Waals surface area (Å²) in [5.41, 5.74) is 1.27. The van der Waals surface area contributed by atoms with E-state index in [0.29, 0.717) is 12.1 Å². The Bertz CT molecular complexity index is 571. The zero-order chi connectivity index (χ0) is 14.6. The van der Waals surface area contributed by atoms with Crippen molar-refractivity contribution < 1.29 is 9.53 Å². The number of aromatic amines is 1. The lowest BCUT2D eigenvalue weighted by molar-refractivity contribution is 0.0950. The van der Waals surface area contributed by atoms with Gasteiger partial charge in [-0.3, -0.25) is 9.89 Å². The lowest BCUT2D eigenvalue weighted by Gasteiger charge is -2.21. The number of aromatic nitrogens is 2. The lowest BCUT2D eigenvalue weighted by Crippen LogP contribution is -2.24. The number of amides is 1. The molecule has 20 heavy (non-hydrogen) atoms. The maximum atomic E-state index is 11.8. The first-order valence-electron chi connectivity index (χ1n) is 6.49. The van der Waals surface area contributed by atoms with Crippen molar-refractivity contribution in [1.82, 2.24) is 15.5 Å². The van der Waals surface area contributed by atoms with Gasteiger partial charge in [0.15, 0.2) is 0 Å². The molecule has 0 spiro atoms. The molecular formula is C15H19N3O2. The second kappa shape index (κ2) is 5.77. The average Bonchev–Trinajstić information content (AvgIpc) is 2.88. The summed E-state index contributed by atoms with van der Waals surface area (Å²) < 4.78 is 5.79. The minimum atomic E-state index is -0.237. The van der Waals surface area contributed by atoms with Crippen molar-refractivity contribution in [3.63, 3.8) is 0 Å². The van der Waals surface area contributed by atoms with E-state index in [0.717, 1.165) is 11.3 Å². The van der Waals surface area contributed by atoms with E-state index in [-0.39, 0.29) is 11.5 Å². The fourth-order valence-corrected chi connectivity index (χ4v) is 1.73. The first kappa shape index (κ1) is 14.1. The lowest BCUT2D eigenvalue weighted by atomic mass is 10.1. The second-order valence-corrected chi connectivity index (χ2v) is 5.53. The predicted octanol–water partition coefficient (Wildman–Crippen LogP) is 2.52. The summed E-state index contributed by atoms with van der Waals surface area (Å²) in [5, 5.41) is 9.20. The summed E-state index contributed by atoms with van der Waals surface area (Å²) in [6.45, 7) is 6.45. The predicted molar refractivity (Wildman–Crippen MR) is 76.6 cm³/mol. The third-order valence-electron chi connectivity index (χ3n) is 2.54. The van der Waals surface area contributed by atoms with Crippen LogP contribution in [0.1, 0.15) is 36.7 Å². The molecule has 1 aromatic carbocycles. The largest absolute Gasteiger partial charge is 0.488 e. The van der Waals surface area contributed by atoms with Gasteiger partial charge in [-0.05, 0) is 38.5 Å². The third kappa shape index (κ3) is 4.12. The van der Waals surface area contributed by atoms with E-state index in [2.05, 4.69) is 15.5 Å². The smallest absolute Gasteiger partial charge is 0.254 e. The van der Waals surface area contributed by atoms with E-state index in [1.807, 2.05) is 45.0 Å². The molecule has 5 nitrogen and oxygen atoms in total. The molecule has 0 aliphatic heterocycles. The molecule has 0 fully saturated rings. The second-order valence-electron chi connectivity index (χ2n) is 5.53. The van der Waals surface area contributed by atoms with Crippen LogP contribution in [-0.4, -0.2) is 21.7 Å². The first-order chi connectivity index (χ1) is 9.44. The van der Waals surface area contributed by atoms with Crippen LogP contribution in [0.3, 0.4) is 0 Å². The Morgan fingerprint density at radius 2 is 2.20 bits per heavy atom. The molecule has 0 bridgehead atoms. The van der Waals surface area contributed by atoms with Crippen LogP contribution in [0.15, 0.2) is 36.7 Å². The fraction of sp³-hybridized carbons (Fsp3) is 0.333. The normalized spacial score (nSPS) is 11.2. The van der Waals surface area contributed by atoms with Crippen LogP contribution in [0.25, 0.3) is 0 Å². The zero-order valence-corrected chi connectivity index (χ0v) is 11.9. The number of nitrogens with zero attached hydrogens (tertiary/aromatic N) is 1. The summed E-state index contributed by atoms with van der Waals surface area (Å²) in [6, 6.07) is 7.71. The topological polar surface area (TPSA) is 67.0 Å². The van der Waals surface area contributed by atoms with E-state index in [1.54, 1.807) is 6.20 Å². The molecule has 1 amide bonds. The number of benzene rings is 1. The number of nitrogens with one attached hydrogen (secondary N) is 2. The van der Waals surface area contributed by atoms with Crippen LogP contribution in [0.4, 0.5) is 0 Å². The maximum Gasteiger partial charge on any atom is 0.254 e. The van der Waals surface area contributed by atoms with Crippen LogP contribution in [-0.2, 0) is 6.54 Å². The van der Waals surface area contributed by atoms with Gasteiger partial charge < -0.3 is 10.1 Å². The molecular weight excluding hydrogens is 254 g/mol. The van der Waals surface area contributed by atoms with Gasteiger partial charge in [-0.25, -0.2) is 0 Å². The molecule has 0 saturated carbocycles. The van der Waals surface area contributed by atoms with Gasteiger partial charge in [-0.2, -0.15) is 5.10 Å². The molecule has 106 valence electrons. The van der Waals surface area contributed by atoms with Crippen molar-refractivity contribution in [2.45, 2.75) is 32.9 Å². The molecule has 0 aliphatic rings. The van der Waals surface area contributed by atoms with Crippen molar-refractivity contribution in [2.75, 3.05) is 0 Å². The van der Waals surface area contributed by atoms with E-state index in [9.17, 15) is 4.79 Å². The number of carbonyl (C=O) groups excluding carboxylic acids is 1. The number of carbonyl (C=O) groups is 1. The molecule has 1 heterocycles. The average molecular weight is 273 g/mol. The number of rotatable bonds is 4. The van der Waals surface area contributed by atoms with Crippen LogP contribution >= 0.6 is 0 Å². The molecule has 0 atom stereocenters. The Kier molecular flexibility index (Phi) is 4.08. The highest BCUT2D eigenvalue weighted by molar-refractivity contribution is 5.93. The van der Waals surface area contributed by atoms with Crippen LogP contribution in [0.2, 0.25) is 0 Å². The van der Waals surface area contributed by atoms with Crippen LogP contribution < -0.4 is 10.1 Å². The molecule has 0 unspecified atom stereocenters. The SMILES string of the molecule is CC(C)(C)Oc1cccc(CNC(=O)c2cn[nH]c2)c1. The minimum Gasteiger partial charge on any atom is -0.488 e. The van der Waals surface area contributed by atoms with Crippen molar-refractivity contribution >= 4 is 5.91 Å². The van der Waals surface area contributed by atoms with E-state index < -0.39 is 0 Å². The van der Waals surface area contributed by atoms with Gasteiger partial charge in [-0.1, -0.05) is 12.1 Å². The summed E-state index contributed by atoms with van der Waals surface area (Å²) >= 11 is 0. The Hall–Kier alpha value is -2.30. The zero-order valence-electron chi connectivity index (χ0n) is 11.9. The van der Waals surface area contributed by atoms with Crippen LogP contribution in [0, 0.1) is 0 Å². The molecule has 5 heteroatoms. The van der Waals surface area contributed by atoms with Gasteiger partial charge in [0.25, 0.3) is 5.91 Å².